The molecular formula is C20H29NO4S2. The molecule has 0 aromatic heterocycles. The lowest BCUT2D eigenvalue weighted by Gasteiger charge is -2.21. The van der Waals surface area contributed by atoms with Crippen LogP contribution in [0.2, 0.25) is 0 Å². The molecule has 0 bridgehead atoms. The van der Waals surface area contributed by atoms with Crippen LogP contribution in [0.25, 0.3) is 0 Å². The van der Waals surface area contributed by atoms with Gasteiger partial charge >= 0.3 is 5.97 Å². The number of esters is 1. The summed E-state index contributed by atoms with van der Waals surface area (Å²) in [5.41, 5.74) is 1.15. The summed E-state index contributed by atoms with van der Waals surface area (Å²) in [5, 5.41) is 2.83. The number of hydrogen-bond acceptors (Lipinski definition) is 6. The van der Waals surface area contributed by atoms with E-state index in [1.165, 1.54) is 6.92 Å². The molecule has 0 saturated carbocycles. The predicted molar refractivity (Wildman–Crippen MR) is 113 cm³/mol. The van der Waals surface area contributed by atoms with E-state index < -0.39 is 12.0 Å². The van der Waals surface area contributed by atoms with Gasteiger partial charge in [0.2, 0.25) is 5.91 Å². The minimum absolute atomic E-state index is 0.0168. The fraction of sp³-hybridized carbons (Fsp3) is 0.550. The molecule has 2 atom stereocenters. The Morgan fingerprint density at radius 2 is 1.85 bits per heavy atom. The van der Waals surface area contributed by atoms with E-state index in [4.69, 9.17) is 4.74 Å². The third kappa shape index (κ3) is 9.86. The first-order chi connectivity index (χ1) is 13.0. The maximum atomic E-state index is 12.8. The van der Waals surface area contributed by atoms with Gasteiger partial charge in [-0.1, -0.05) is 42.1 Å². The monoisotopic (exact) mass is 411 g/mol. The lowest BCUT2D eigenvalue weighted by atomic mass is 9.99. The Morgan fingerprint density at radius 3 is 2.44 bits per heavy atom. The summed E-state index contributed by atoms with van der Waals surface area (Å²) in [5.74, 6) is 0.220. The van der Waals surface area contributed by atoms with Crippen molar-refractivity contribution < 1.29 is 19.1 Å². The zero-order chi connectivity index (χ0) is 20.1. The predicted octanol–water partition coefficient (Wildman–Crippen LogP) is 3.32. The average molecular weight is 412 g/mol. The van der Waals surface area contributed by atoms with Crippen LogP contribution in [0, 0.1) is 5.92 Å². The zero-order valence-electron chi connectivity index (χ0n) is 16.2. The SMILES string of the molecule is CCOC(=O)[C@H](CCSC)NC(=O)[C@H](CCc1ccccc1)CSC(C)=O. The lowest BCUT2D eigenvalue weighted by molar-refractivity contribution is -0.147. The topological polar surface area (TPSA) is 72.5 Å². The highest BCUT2D eigenvalue weighted by molar-refractivity contribution is 8.13. The van der Waals surface area contributed by atoms with Crippen LogP contribution in [-0.4, -0.2) is 47.4 Å². The number of ether oxygens (including phenoxy) is 1. The second kappa shape index (κ2) is 13.7. The molecule has 1 amide bonds. The summed E-state index contributed by atoms with van der Waals surface area (Å²) in [6, 6.07) is 9.28. The highest BCUT2D eigenvalue weighted by Crippen LogP contribution is 2.17. The number of carbonyl (C=O) groups is 3. The standard InChI is InChI=1S/C20H29NO4S2/c1-4-25-20(24)18(12-13-26-3)21-19(23)17(14-27-15(2)22)11-10-16-8-6-5-7-9-16/h5-9,17-18H,4,10-14H2,1-3H3,(H,21,23)/t17-,18+/m1/s1. The molecule has 0 aliphatic rings. The lowest BCUT2D eigenvalue weighted by Crippen LogP contribution is -2.45. The Balaban J connectivity index is 2.75. The molecule has 0 spiro atoms. The molecule has 1 aromatic carbocycles. The second-order valence-electron chi connectivity index (χ2n) is 6.12. The van der Waals surface area contributed by atoms with Crippen molar-refractivity contribution in [3.8, 4) is 0 Å². The van der Waals surface area contributed by atoms with Gasteiger partial charge in [-0.05, 0) is 43.8 Å². The van der Waals surface area contributed by atoms with E-state index in [9.17, 15) is 14.4 Å². The van der Waals surface area contributed by atoms with E-state index in [-0.39, 0.29) is 23.5 Å². The molecule has 0 heterocycles. The summed E-state index contributed by atoms with van der Waals surface area (Å²) in [6.45, 7) is 3.52. The molecule has 1 rings (SSSR count). The molecule has 1 aromatic rings. The van der Waals surface area contributed by atoms with E-state index in [1.807, 2.05) is 36.6 Å². The second-order valence-corrected chi connectivity index (χ2v) is 8.30. The van der Waals surface area contributed by atoms with Crippen molar-refractivity contribution >= 4 is 40.5 Å². The van der Waals surface area contributed by atoms with Crippen molar-refractivity contribution in [3.05, 3.63) is 35.9 Å². The molecule has 5 nitrogen and oxygen atoms in total. The van der Waals surface area contributed by atoms with Gasteiger partial charge in [-0.25, -0.2) is 4.79 Å². The van der Waals surface area contributed by atoms with E-state index in [2.05, 4.69) is 5.32 Å². The zero-order valence-corrected chi connectivity index (χ0v) is 17.9. The Hall–Kier alpha value is -1.47. The Bertz CT molecular complexity index is 595. The smallest absolute Gasteiger partial charge is 0.328 e. The van der Waals surface area contributed by atoms with Crippen LogP contribution in [0.4, 0.5) is 0 Å². The highest BCUT2D eigenvalue weighted by Gasteiger charge is 2.26. The van der Waals surface area contributed by atoms with Gasteiger partial charge in [-0.15, -0.1) is 0 Å². The molecule has 27 heavy (non-hydrogen) atoms. The third-order valence-electron chi connectivity index (χ3n) is 3.98. The quantitative estimate of drug-likeness (QED) is 0.532. The summed E-state index contributed by atoms with van der Waals surface area (Å²) < 4.78 is 5.09. The van der Waals surface area contributed by atoms with E-state index in [0.717, 1.165) is 29.5 Å². The van der Waals surface area contributed by atoms with E-state index in [0.29, 0.717) is 18.6 Å². The van der Waals surface area contributed by atoms with Gasteiger partial charge in [0, 0.05) is 18.6 Å². The Labute approximate surface area is 170 Å². The van der Waals surface area contributed by atoms with Gasteiger partial charge in [-0.3, -0.25) is 9.59 Å². The first-order valence-corrected chi connectivity index (χ1v) is 11.5. The molecule has 0 unspecified atom stereocenters. The van der Waals surface area contributed by atoms with Crippen LogP contribution < -0.4 is 5.32 Å². The van der Waals surface area contributed by atoms with Crippen LogP contribution in [0.5, 0.6) is 0 Å². The Morgan fingerprint density at radius 1 is 1.15 bits per heavy atom. The van der Waals surface area contributed by atoms with E-state index >= 15 is 0 Å². The fourth-order valence-electron chi connectivity index (χ4n) is 2.51. The highest BCUT2D eigenvalue weighted by atomic mass is 32.2. The minimum Gasteiger partial charge on any atom is -0.464 e. The first kappa shape index (κ1) is 23.6. The molecule has 150 valence electrons. The van der Waals surface area contributed by atoms with Crippen LogP contribution in [0.1, 0.15) is 32.3 Å². The summed E-state index contributed by atoms with van der Waals surface area (Å²) in [6.07, 6.45) is 3.84. The van der Waals surface area contributed by atoms with Crippen LogP contribution in [0.3, 0.4) is 0 Å². The number of thioether (sulfide) groups is 2. The summed E-state index contributed by atoms with van der Waals surface area (Å²) in [7, 11) is 0. The molecule has 0 aliphatic heterocycles. The van der Waals surface area contributed by atoms with Crippen molar-refractivity contribution in [2.24, 2.45) is 5.92 Å². The van der Waals surface area contributed by atoms with Gasteiger partial charge in [0.25, 0.3) is 0 Å². The number of hydrogen-bond donors (Lipinski definition) is 1. The average Bonchev–Trinajstić information content (AvgIpc) is 2.65. The van der Waals surface area contributed by atoms with Gasteiger partial charge < -0.3 is 10.1 Å². The number of nitrogens with one attached hydrogen (secondary N) is 1. The van der Waals surface area contributed by atoms with Gasteiger partial charge in [-0.2, -0.15) is 11.8 Å². The minimum atomic E-state index is -0.647. The van der Waals surface area contributed by atoms with Gasteiger partial charge in [0.05, 0.1) is 6.61 Å². The van der Waals surface area contributed by atoms with Crippen LogP contribution in [0.15, 0.2) is 30.3 Å². The van der Waals surface area contributed by atoms with Crippen molar-refractivity contribution in [2.75, 3.05) is 24.4 Å². The molecule has 1 N–H and O–H groups in total. The first-order valence-electron chi connectivity index (χ1n) is 9.11. The molecule has 0 radical (unpaired) electrons. The summed E-state index contributed by atoms with van der Waals surface area (Å²) >= 11 is 2.76. The van der Waals surface area contributed by atoms with Crippen molar-refractivity contribution in [3.63, 3.8) is 0 Å². The van der Waals surface area contributed by atoms with Gasteiger partial charge in [0.15, 0.2) is 5.12 Å². The molecule has 0 saturated heterocycles. The molecular weight excluding hydrogens is 382 g/mol. The van der Waals surface area contributed by atoms with Crippen molar-refractivity contribution in [1.82, 2.24) is 5.32 Å². The number of carbonyl (C=O) groups excluding carboxylic acids is 3. The maximum Gasteiger partial charge on any atom is 0.328 e. The van der Waals surface area contributed by atoms with Crippen LogP contribution in [-0.2, 0) is 25.5 Å². The number of rotatable bonds is 12. The van der Waals surface area contributed by atoms with Crippen molar-refractivity contribution in [2.45, 2.75) is 39.2 Å². The number of benzene rings is 1. The summed E-state index contributed by atoms with van der Waals surface area (Å²) in [4.78, 5) is 36.3. The van der Waals surface area contributed by atoms with Crippen LogP contribution >= 0.6 is 23.5 Å². The molecule has 0 fully saturated rings. The number of aryl methyl sites for hydroxylation is 1. The number of amides is 1. The molecule has 0 aliphatic carbocycles. The van der Waals surface area contributed by atoms with Crippen molar-refractivity contribution in [1.29, 1.82) is 0 Å². The fourth-order valence-corrected chi connectivity index (χ4v) is 3.74. The third-order valence-corrected chi connectivity index (χ3v) is 5.60. The van der Waals surface area contributed by atoms with Gasteiger partial charge in [0.1, 0.15) is 6.04 Å². The molecule has 7 heteroatoms. The maximum absolute atomic E-state index is 12.8. The largest absolute Gasteiger partial charge is 0.464 e. The normalized spacial score (nSPS) is 12.9. The Kier molecular flexibility index (Phi) is 11.9. The van der Waals surface area contributed by atoms with E-state index in [1.54, 1.807) is 18.7 Å².